The third kappa shape index (κ3) is 10.5. The molecule has 2 rings (SSSR count). The number of hydrogen-bond donors (Lipinski definition) is 0. The number of aromatic nitrogens is 2. The summed E-state index contributed by atoms with van der Waals surface area (Å²) in [7, 11) is 0. The summed E-state index contributed by atoms with van der Waals surface area (Å²) in [6.07, 6.45) is 17.0. The summed E-state index contributed by atoms with van der Waals surface area (Å²) in [5, 5.41) is 0. The molecule has 0 amide bonds. The molecule has 0 aliphatic rings. The second kappa shape index (κ2) is 16.5. The first-order valence-corrected chi connectivity index (χ1v) is 12.9. The fourth-order valence-corrected chi connectivity index (χ4v) is 3.79. The standard InChI is InChI=1S/C28H44N2O2/c1-4-6-8-10-11-12-17-21-31-26-22-29-28(30-27(26)25-19-15-13-16-20-25)32-23-24(3)18-14-9-7-5-2/h13,15-16,19-20,22,24H,4-12,14,17-18,21,23H2,1-3H3. The molecule has 178 valence electrons. The molecule has 0 spiro atoms. The SMILES string of the molecule is CCCCCCCCCOc1cnc(OCC(C)CCCCCC)nc1-c1ccccc1. The van der Waals surface area contributed by atoms with E-state index in [1.54, 1.807) is 6.20 Å². The summed E-state index contributed by atoms with van der Waals surface area (Å²) in [6.45, 7) is 8.09. The van der Waals surface area contributed by atoms with E-state index < -0.39 is 0 Å². The van der Waals surface area contributed by atoms with E-state index in [4.69, 9.17) is 14.5 Å². The van der Waals surface area contributed by atoms with Crippen LogP contribution in [0.4, 0.5) is 0 Å². The molecule has 0 saturated carbocycles. The Labute approximate surface area is 196 Å². The predicted octanol–water partition coefficient (Wildman–Crippen LogP) is 8.26. The fourth-order valence-electron chi connectivity index (χ4n) is 3.79. The van der Waals surface area contributed by atoms with Crippen LogP contribution in [-0.2, 0) is 0 Å². The molecule has 1 aromatic heterocycles. The summed E-state index contributed by atoms with van der Waals surface area (Å²) in [5.74, 6) is 1.24. The van der Waals surface area contributed by atoms with Gasteiger partial charge in [-0.1, -0.05) is 115 Å². The van der Waals surface area contributed by atoms with Crippen LogP contribution in [0, 0.1) is 5.92 Å². The Morgan fingerprint density at radius 3 is 2.16 bits per heavy atom. The lowest BCUT2D eigenvalue weighted by molar-refractivity contribution is 0.230. The summed E-state index contributed by atoms with van der Waals surface area (Å²) >= 11 is 0. The summed E-state index contributed by atoms with van der Waals surface area (Å²) in [4.78, 5) is 9.15. The Hall–Kier alpha value is -2.10. The van der Waals surface area contributed by atoms with Gasteiger partial charge in [-0.05, 0) is 18.8 Å². The van der Waals surface area contributed by atoms with Crippen molar-refractivity contribution in [3.63, 3.8) is 0 Å². The van der Waals surface area contributed by atoms with Crippen molar-refractivity contribution in [1.82, 2.24) is 9.97 Å². The molecule has 0 aliphatic heterocycles. The van der Waals surface area contributed by atoms with Crippen molar-refractivity contribution in [2.24, 2.45) is 5.92 Å². The maximum Gasteiger partial charge on any atom is 0.317 e. The quantitative estimate of drug-likeness (QED) is 0.219. The number of nitrogens with zero attached hydrogens (tertiary/aromatic N) is 2. The van der Waals surface area contributed by atoms with Crippen LogP contribution in [0.3, 0.4) is 0 Å². The highest BCUT2D eigenvalue weighted by Crippen LogP contribution is 2.29. The minimum absolute atomic E-state index is 0.438. The second-order valence-electron chi connectivity index (χ2n) is 8.97. The zero-order chi connectivity index (χ0) is 22.9. The zero-order valence-corrected chi connectivity index (χ0v) is 20.7. The van der Waals surface area contributed by atoms with Crippen molar-refractivity contribution in [3.8, 4) is 23.0 Å². The van der Waals surface area contributed by atoms with Gasteiger partial charge in [-0.25, -0.2) is 0 Å². The van der Waals surface area contributed by atoms with Crippen LogP contribution in [0.1, 0.15) is 97.8 Å². The van der Waals surface area contributed by atoms with Crippen LogP contribution in [-0.4, -0.2) is 23.2 Å². The highest BCUT2D eigenvalue weighted by atomic mass is 16.5. The lowest BCUT2D eigenvalue weighted by Crippen LogP contribution is -2.11. The molecule has 32 heavy (non-hydrogen) atoms. The third-order valence-electron chi connectivity index (χ3n) is 5.83. The van der Waals surface area contributed by atoms with E-state index in [2.05, 4.69) is 37.9 Å². The van der Waals surface area contributed by atoms with Crippen LogP contribution in [0.2, 0.25) is 0 Å². The number of rotatable bonds is 18. The lowest BCUT2D eigenvalue weighted by Gasteiger charge is -2.14. The molecule has 1 unspecified atom stereocenters. The van der Waals surface area contributed by atoms with Gasteiger partial charge in [-0.3, -0.25) is 0 Å². The number of benzene rings is 1. The van der Waals surface area contributed by atoms with E-state index in [1.165, 1.54) is 70.6 Å². The third-order valence-corrected chi connectivity index (χ3v) is 5.83. The van der Waals surface area contributed by atoms with Crippen LogP contribution in [0.15, 0.2) is 36.5 Å². The smallest absolute Gasteiger partial charge is 0.317 e. The number of unbranched alkanes of at least 4 members (excludes halogenated alkanes) is 9. The maximum atomic E-state index is 6.10. The fraction of sp³-hybridized carbons (Fsp3) is 0.643. The Morgan fingerprint density at radius 1 is 0.781 bits per heavy atom. The van der Waals surface area contributed by atoms with Crippen LogP contribution >= 0.6 is 0 Å². The molecule has 2 aromatic rings. The molecule has 0 aliphatic carbocycles. The number of hydrogen-bond acceptors (Lipinski definition) is 4. The van der Waals surface area contributed by atoms with Gasteiger partial charge in [-0.15, -0.1) is 0 Å². The van der Waals surface area contributed by atoms with Gasteiger partial charge in [0.2, 0.25) is 0 Å². The minimum atomic E-state index is 0.438. The molecular weight excluding hydrogens is 396 g/mol. The van der Waals surface area contributed by atoms with Gasteiger partial charge < -0.3 is 9.47 Å². The highest BCUT2D eigenvalue weighted by Gasteiger charge is 2.13. The van der Waals surface area contributed by atoms with Crippen molar-refractivity contribution in [3.05, 3.63) is 36.5 Å². The number of ether oxygens (including phenoxy) is 2. The molecule has 0 fully saturated rings. The average Bonchev–Trinajstić information content (AvgIpc) is 2.83. The molecule has 0 N–H and O–H groups in total. The summed E-state index contributed by atoms with van der Waals surface area (Å²) < 4.78 is 12.0. The zero-order valence-electron chi connectivity index (χ0n) is 20.7. The normalized spacial score (nSPS) is 12.0. The van der Waals surface area contributed by atoms with Gasteiger partial charge in [0.25, 0.3) is 0 Å². The molecule has 1 atom stereocenters. The second-order valence-corrected chi connectivity index (χ2v) is 8.97. The van der Waals surface area contributed by atoms with Gasteiger partial charge in [0.1, 0.15) is 5.69 Å². The largest absolute Gasteiger partial charge is 0.490 e. The van der Waals surface area contributed by atoms with E-state index in [-0.39, 0.29) is 0 Å². The average molecular weight is 441 g/mol. The highest BCUT2D eigenvalue weighted by molar-refractivity contribution is 5.65. The molecule has 4 nitrogen and oxygen atoms in total. The summed E-state index contributed by atoms with van der Waals surface area (Å²) in [6, 6.07) is 10.6. The Bertz CT molecular complexity index is 721. The van der Waals surface area contributed by atoms with Gasteiger partial charge >= 0.3 is 6.01 Å². The topological polar surface area (TPSA) is 44.2 Å². The van der Waals surface area contributed by atoms with E-state index in [0.717, 1.165) is 23.4 Å². The van der Waals surface area contributed by atoms with Crippen LogP contribution < -0.4 is 9.47 Å². The van der Waals surface area contributed by atoms with Gasteiger partial charge in [0.05, 0.1) is 19.4 Å². The molecule has 1 heterocycles. The molecule has 0 bridgehead atoms. The first-order chi connectivity index (χ1) is 15.7. The van der Waals surface area contributed by atoms with Gasteiger partial charge in [0.15, 0.2) is 5.75 Å². The first-order valence-electron chi connectivity index (χ1n) is 12.9. The van der Waals surface area contributed by atoms with Crippen LogP contribution in [0.25, 0.3) is 11.3 Å². The van der Waals surface area contributed by atoms with Crippen LogP contribution in [0.5, 0.6) is 11.8 Å². The van der Waals surface area contributed by atoms with Crippen molar-refractivity contribution >= 4 is 0 Å². The Morgan fingerprint density at radius 2 is 1.44 bits per heavy atom. The predicted molar refractivity (Wildman–Crippen MR) is 134 cm³/mol. The minimum Gasteiger partial charge on any atom is -0.490 e. The molecular formula is C28H44N2O2. The van der Waals surface area contributed by atoms with E-state index >= 15 is 0 Å². The lowest BCUT2D eigenvalue weighted by atomic mass is 10.0. The maximum absolute atomic E-state index is 6.10. The Balaban J connectivity index is 1.88. The van der Waals surface area contributed by atoms with E-state index in [0.29, 0.717) is 25.1 Å². The van der Waals surface area contributed by atoms with Crippen molar-refractivity contribution in [1.29, 1.82) is 0 Å². The van der Waals surface area contributed by atoms with Crippen molar-refractivity contribution in [2.75, 3.05) is 13.2 Å². The molecule has 0 radical (unpaired) electrons. The van der Waals surface area contributed by atoms with Gasteiger partial charge in [0, 0.05) is 5.56 Å². The monoisotopic (exact) mass is 440 g/mol. The summed E-state index contributed by atoms with van der Waals surface area (Å²) in [5.41, 5.74) is 1.84. The molecule has 0 saturated heterocycles. The first kappa shape index (κ1) is 26.2. The van der Waals surface area contributed by atoms with Crippen molar-refractivity contribution in [2.45, 2.75) is 97.8 Å². The van der Waals surface area contributed by atoms with E-state index in [1.807, 2.05) is 18.2 Å². The van der Waals surface area contributed by atoms with Crippen molar-refractivity contribution < 1.29 is 9.47 Å². The molecule has 1 aromatic carbocycles. The molecule has 4 heteroatoms. The Kier molecular flexibility index (Phi) is 13.5. The van der Waals surface area contributed by atoms with E-state index in [9.17, 15) is 0 Å². The van der Waals surface area contributed by atoms with Gasteiger partial charge in [-0.2, -0.15) is 9.97 Å².